The van der Waals surface area contributed by atoms with Gasteiger partial charge in [-0.1, -0.05) is 6.07 Å². The third kappa shape index (κ3) is 2.87. The van der Waals surface area contributed by atoms with Crippen molar-refractivity contribution in [1.29, 1.82) is 0 Å². The third-order valence-corrected chi connectivity index (χ3v) is 3.89. The summed E-state index contributed by atoms with van der Waals surface area (Å²) < 4.78 is 26.8. The summed E-state index contributed by atoms with van der Waals surface area (Å²) in [5, 5.41) is 0. The minimum Gasteiger partial charge on any atom is -0.493 e. The topological polar surface area (TPSA) is 63.2 Å². The molecule has 1 aliphatic rings. The van der Waals surface area contributed by atoms with Crippen LogP contribution >= 0.6 is 0 Å². The number of ketones is 1. The highest BCUT2D eigenvalue weighted by Gasteiger charge is 2.32. The minimum atomic E-state index is -0.217. The molecule has 6 heteroatoms. The Morgan fingerprint density at radius 3 is 2.16 bits per heavy atom. The normalized spacial score (nSPS) is 14.1. The maximum atomic E-state index is 12.6. The number of carbonyl (C=O) groups excluding carboxylic acids is 1. The molecule has 1 heterocycles. The van der Waals surface area contributed by atoms with Crippen LogP contribution in [0.4, 0.5) is 0 Å². The van der Waals surface area contributed by atoms with E-state index >= 15 is 0 Å². The van der Waals surface area contributed by atoms with Gasteiger partial charge in [-0.15, -0.1) is 0 Å². The summed E-state index contributed by atoms with van der Waals surface area (Å²) >= 11 is 0. The summed E-state index contributed by atoms with van der Waals surface area (Å²) in [6, 6.07) is 8.68. The van der Waals surface area contributed by atoms with Crippen LogP contribution in [0.2, 0.25) is 0 Å². The standard InChI is InChI=1S/C19H18O6/c1-21-13-7-5-11(9-15(13)23-3)10-16-17(20)12-6-8-14(22-2)19(24-4)18(12)25-16/h5-10H,1-4H3/b16-10+. The second kappa shape index (κ2) is 6.76. The van der Waals surface area contributed by atoms with Crippen LogP contribution in [0.1, 0.15) is 15.9 Å². The average molecular weight is 342 g/mol. The van der Waals surface area contributed by atoms with Gasteiger partial charge in [0.2, 0.25) is 11.5 Å². The largest absolute Gasteiger partial charge is 0.493 e. The molecule has 0 aliphatic carbocycles. The van der Waals surface area contributed by atoms with Gasteiger partial charge in [-0.2, -0.15) is 0 Å². The molecule has 0 spiro atoms. The highest BCUT2D eigenvalue weighted by atomic mass is 16.5. The first kappa shape index (κ1) is 16.7. The molecule has 0 aromatic heterocycles. The lowest BCUT2D eigenvalue weighted by molar-refractivity contribution is 0.101. The van der Waals surface area contributed by atoms with Crippen molar-refractivity contribution in [3.63, 3.8) is 0 Å². The van der Waals surface area contributed by atoms with Crippen LogP contribution in [0, 0.1) is 0 Å². The number of allylic oxidation sites excluding steroid dienone is 1. The second-order valence-electron chi connectivity index (χ2n) is 5.23. The first-order chi connectivity index (χ1) is 12.1. The van der Waals surface area contributed by atoms with E-state index in [9.17, 15) is 4.79 Å². The van der Waals surface area contributed by atoms with Crippen molar-refractivity contribution >= 4 is 11.9 Å². The first-order valence-electron chi connectivity index (χ1n) is 7.54. The van der Waals surface area contributed by atoms with Crippen molar-refractivity contribution < 1.29 is 28.5 Å². The van der Waals surface area contributed by atoms with E-state index in [1.165, 1.54) is 14.2 Å². The van der Waals surface area contributed by atoms with E-state index < -0.39 is 0 Å². The number of carbonyl (C=O) groups is 1. The Hall–Kier alpha value is -3.15. The van der Waals surface area contributed by atoms with Crippen molar-refractivity contribution in [2.75, 3.05) is 28.4 Å². The van der Waals surface area contributed by atoms with E-state index in [1.54, 1.807) is 44.6 Å². The smallest absolute Gasteiger partial charge is 0.232 e. The molecule has 3 rings (SSSR count). The number of benzene rings is 2. The zero-order valence-electron chi connectivity index (χ0n) is 14.4. The maximum absolute atomic E-state index is 12.6. The molecule has 0 atom stereocenters. The lowest BCUT2D eigenvalue weighted by atomic mass is 10.1. The molecular formula is C19H18O6. The van der Waals surface area contributed by atoms with Crippen LogP contribution in [0.25, 0.3) is 6.08 Å². The molecule has 2 aromatic rings. The lowest BCUT2D eigenvalue weighted by Crippen LogP contribution is -1.98. The number of hydrogen-bond acceptors (Lipinski definition) is 6. The number of fused-ring (bicyclic) bond motifs is 1. The molecule has 0 radical (unpaired) electrons. The van der Waals surface area contributed by atoms with Crippen molar-refractivity contribution in [2.24, 2.45) is 0 Å². The molecule has 1 aliphatic heterocycles. The van der Waals surface area contributed by atoms with Crippen molar-refractivity contribution in [3.8, 4) is 28.7 Å². The van der Waals surface area contributed by atoms with E-state index in [2.05, 4.69) is 0 Å². The zero-order valence-corrected chi connectivity index (χ0v) is 14.4. The Balaban J connectivity index is 2.00. The molecule has 0 saturated carbocycles. The minimum absolute atomic E-state index is 0.203. The highest BCUT2D eigenvalue weighted by Crippen LogP contribution is 2.45. The van der Waals surface area contributed by atoms with Crippen LogP contribution in [0.15, 0.2) is 36.1 Å². The maximum Gasteiger partial charge on any atom is 0.232 e. The third-order valence-electron chi connectivity index (χ3n) is 3.89. The number of ether oxygens (including phenoxy) is 5. The van der Waals surface area contributed by atoms with Gasteiger partial charge in [-0.3, -0.25) is 4.79 Å². The number of rotatable bonds is 5. The van der Waals surface area contributed by atoms with Gasteiger partial charge in [0.05, 0.1) is 34.0 Å². The second-order valence-corrected chi connectivity index (χ2v) is 5.23. The first-order valence-corrected chi connectivity index (χ1v) is 7.54. The van der Waals surface area contributed by atoms with Gasteiger partial charge in [0.25, 0.3) is 0 Å². The van der Waals surface area contributed by atoms with Crippen LogP contribution in [-0.4, -0.2) is 34.2 Å². The quantitative estimate of drug-likeness (QED) is 0.777. The summed E-state index contributed by atoms with van der Waals surface area (Å²) in [5.41, 5.74) is 1.18. The summed E-state index contributed by atoms with van der Waals surface area (Å²) in [7, 11) is 6.15. The van der Waals surface area contributed by atoms with Gasteiger partial charge in [0, 0.05) is 0 Å². The molecule has 6 nitrogen and oxygen atoms in total. The summed E-state index contributed by atoms with van der Waals surface area (Å²) in [6.07, 6.45) is 1.65. The molecule has 0 unspecified atom stereocenters. The summed E-state index contributed by atoms with van der Waals surface area (Å²) in [4.78, 5) is 12.6. The van der Waals surface area contributed by atoms with E-state index in [4.69, 9.17) is 23.7 Å². The predicted molar refractivity (Wildman–Crippen MR) is 92.0 cm³/mol. The number of Topliss-reactive ketones (excluding diaryl/α,β-unsaturated/α-hetero) is 1. The number of methoxy groups -OCH3 is 4. The van der Waals surface area contributed by atoms with Crippen molar-refractivity contribution in [1.82, 2.24) is 0 Å². The molecule has 0 fully saturated rings. The fourth-order valence-electron chi connectivity index (χ4n) is 2.66. The van der Waals surface area contributed by atoms with Crippen molar-refractivity contribution in [2.45, 2.75) is 0 Å². The molecule has 0 amide bonds. The van der Waals surface area contributed by atoms with Gasteiger partial charge in [-0.05, 0) is 35.9 Å². The summed E-state index contributed by atoms with van der Waals surface area (Å²) in [5.74, 6) is 2.42. The zero-order chi connectivity index (χ0) is 18.0. The molecule has 0 saturated heterocycles. The van der Waals surface area contributed by atoms with Gasteiger partial charge < -0.3 is 23.7 Å². The highest BCUT2D eigenvalue weighted by molar-refractivity contribution is 6.15. The predicted octanol–water partition coefficient (Wildman–Crippen LogP) is 3.34. The Morgan fingerprint density at radius 2 is 1.52 bits per heavy atom. The molecule has 0 bridgehead atoms. The van der Waals surface area contributed by atoms with Crippen molar-refractivity contribution in [3.05, 3.63) is 47.2 Å². The SMILES string of the molecule is COc1ccc(/C=C2/Oc3c(ccc(OC)c3OC)C2=O)cc1OC. The van der Waals surface area contributed by atoms with E-state index in [-0.39, 0.29) is 11.5 Å². The van der Waals surface area contributed by atoms with E-state index in [1.807, 2.05) is 6.07 Å². The Kier molecular flexibility index (Phi) is 4.52. The van der Waals surface area contributed by atoms with Gasteiger partial charge in [0.15, 0.2) is 28.8 Å². The Bertz CT molecular complexity index is 853. The fraction of sp³-hybridized carbons (Fsp3) is 0.211. The van der Waals surface area contributed by atoms with E-state index in [0.29, 0.717) is 34.3 Å². The van der Waals surface area contributed by atoms with Crippen LogP contribution in [0.3, 0.4) is 0 Å². The molecule has 25 heavy (non-hydrogen) atoms. The van der Waals surface area contributed by atoms with Gasteiger partial charge in [0.1, 0.15) is 0 Å². The Labute approximate surface area is 145 Å². The van der Waals surface area contributed by atoms with E-state index in [0.717, 1.165) is 5.56 Å². The summed E-state index contributed by atoms with van der Waals surface area (Å²) in [6.45, 7) is 0. The molecule has 130 valence electrons. The molecule has 2 aromatic carbocycles. The monoisotopic (exact) mass is 342 g/mol. The lowest BCUT2D eigenvalue weighted by Gasteiger charge is -2.10. The van der Waals surface area contributed by atoms with Gasteiger partial charge >= 0.3 is 0 Å². The molecular weight excluding hydrogens is 324 g/mol. The van der Waals surface area contributed by atoms with Crippen LogP contribution in [0.5, 0.6) is 28.7 Å². The number of hydrogen-bond donors (Lipinski definition) is 0. The Morgan fingerprint density at radius 1 is 0.840 bits per heavy atom. The van der Waals surface area contributed by atoms with Crippen LogP contribution in [-0.2, 0) is 0 Å². The van der Waals surface area contributed by atoms with Gasteiger partial charge in [-0.25, -0.2) is 0 Å². The fourth-order valence-corrected chi connectivity index (χ4v) is 2.66. The van der Waals surface area contributed by atoms with Crippen LogP contribution < -0.4 is 23.7 Å². The average Bonchev–Trinajstić information content (AvgIpc) is 2.96. The molecule has 0 N–H and O–H groups in total.